The Morgan fingerprint density at radius 1 is 1.29 bits per heavy atom. The van der Waals surface area contributed by atoms with Gasteiger partial charge in [0.1, 0.15) is 5.78 Å². The van der Waals surface area contributed by atoms with Crippen molar-refractivity contribution in [1.82, 2.24) is 0 Å². The van der Waals surface area contributed by atoms with Gasteiger partial charge in [0.25, 0.3) is 0 Å². The SMILES string of the molecule is CC(=O)[C@@H](C)Cc1ccc(C)cc1C1([C@H](C)C(N)=O)CC1. The van der Waals surface area contributed by atoms with E-state index in [-0.39, 0.29) is 28.9 Å². The predicted molar refractivity (Wildman–Crippen MR) is 84.0 cm³/mol. The average Bonchev–Trinajstić information content (AvgIpc) is 3.21. The first-order valence-corrected chi connectivity index (χ1v) is 7.67. The van der Waals surface area contributed by atoms with Gasteiger partial charge in [-0.1, -0.05) is 37.6 Å². The van der Waals surface area contributed by atoms with Crippen molar-refractivity contribution in [1.29, 1.82) is 0 Å². The van der Waals surface area contributed by atoms with Gasteiger partial charge < -0.3 is 5.73 Å². The van der Waals surface area contributed by atoms with Crippen LogP contribution in [-0.2, 0) is 21.4 Å². The summed E-state index contributed by atoms with van der Waals surface area (Å²) in [7, 11) is 0. The van der Waals surface area contributed by atoms with Crippen molar-refractivity contribution in [3.63, 3.8) is 0 Å². The van der Waals surface area contributed by atoms with Gasteiger partial charge in [0.2, 0.25) is 5.91 Å². The molecule has 0 radical (unpaired) electrons. The van der Waals surface area contributed by atoms with Crippen molar-refractivity contribution in [3.8, 4) is 0 Å². The molecule has 3 nitrogen and oxygen atoms in total. The van der Waals surface area contributed by atoms with Gasteiger partial charge in [0.05, 0.1) is 0 Å². The van der Waals surface area contributed by atoms with Gasteiger partial charge in [0, 0.05) is 17.3 Å². The summed E-state index contributed by atoms with van der Waals surface area (Å²) in [6.07, 6.45) is 2.74. The molecule has 1 aliphatic rings. The van der Waals surface area contributed by atoms with Crippen LogP contribution in [0.4, 0.5) is 0 Å². The lowest BCUT2D eigenvalue weighted by atomic mass is 9.78. The summed E-state index contributed by atoms with van der Waals surface area (Å²) >= 11 is 0. The van der Waals surface area contributed by atoms with E-state index in [1.54, 1.807) is 6.92 Å². The molecular weight excluding hydrogens is 262 g/mol. The Kier molecular flexibility index (Phi) is 4.22. The van der Waals surface area contributed by atoms with E-state index in [0.717, 1.165) is 19.3 Å². The number of hydrogen-bond donors (Lipinski definition) is 1. The first kappa shape index (κ1) is 15.7. The maximum absolute atomic E-state index is 11.7. The van der Waals surface area contributed by atoms with Crippen LogP contribution in [0.2, 0.25) is 0 Å². The van der Waals surface area contributed by atoms with E-state index in [9.17, 15) is 9.59 Å². The molecule has 0 spiro atoms. The smallest absolute Gasteiger partial charge is 0.221 e. The highest BCUT2D eigenvalue weighted by Crippen LogP contribution is 2.55. The van der Waals surface area contributed by atoms with Crippen molar-refractivity contribution in [2.75, 3.05) is 0 Å². The Balaban J connectivity index is 2.41. The molecule has 2 atom stereocenters. The molecule has 0 saturated heterocycles. The van der Waals surface area contributed by atoms with Crippen LogP contribution < -0.4 is 5.73 Å². The Labute approximate surface area is 126 Å². The van der Waals surface area contributed by atoms with Crippen LogP contribution in [0.5, 0.6) is 0 Å². The fraction of sp³-hybridized carbons (Fsp3) is 0.556. The van der Waals surface area contributed by atoms with Gasteiger partial charge >= 0.3 is 0 Å². The van der Waals surface area contributed by atoms with Crippen molar-refractivity contribution in [2.24, 2.45) is 17.6 Å². The quantitative estimate of drug-likeness (QED) is 0.874. The number of Topliss-reactive ketones (excluding diaryl/α,β-unsaturated/α-hetero) is 1. The second-order valence-electron chi connectivity index (χ2n) is 6.66. The normalized spacial score (nSPS) is 18.9. The molecule has 1 aromatic rings. The maximum Gasteiger partial charge on any atom is 0.221 e. The molecule has 0 bridgehead atoms. The highest BCUT2D eigenvalue weighted by atomic mass is 16.1. The summed E-state index contributed by atoms with van der Waals surface area (Å²) in [6.45, 7) is 7.59. The number of rotatable bonds is 6. The first-order chi connectivity index (χ1) is 9.78. The number of primary amides is 1. The van der Waals surface area contributed by atoms with Crippen LogP contribution in [0.1, 0.15) is 50.3 Å². The molecule has 0 unspecified atom stereocenters. The zero-order valence-corrected chi connectivity index (χ0v) is 13.4. The molecule has 1 amide bonds. The van der Waals surface area contributed by atoms with Crippen molar-refractivity contribution < 1.29 is 9.59 Å². The van der Waals surface area contributed by atoms with E-state index < -0.39 is 0 Å². The van der Waals surface area contributed by atoms with Crippen LogP contribution in [-0.4, -0.2) is 11.7 Å². The largest absolute Gasteiger partial charge is 0.369 e. The summed E-state index contributed by atoms with van der Waals surface area (Å²) < 4.78 is 0. The Morgan fingerprint density at radius 3 is 2.38 bits per heavy atom. The molecule has 21 heavy (non-hydrogen) atoms. The fourth-order valence-corrected chi connectivity index (χ4v) is 3.15. The molecule has 1 aliphatic carbocycles. The number of amides is 1. The van der Waals surface area contributed by atoms with Crippen LogP contribution in [0.15, 0.2) is 18.2 Å². The van der Waals surface area contributed by atoms with E-state index in [4.69, 9.17) is 5.73 Å². The summed E-state index contributed by atoms with van der Waals surface area (Å²) in [6, 6.07) is 6.36. The fourth-order valence-electron chi connectivity index (χ4n) is 3.15. The highest BCUT2D eigenvalue weighted by molar-refractivity contribution is 5.80. The summed E-state index contributed by atoms with van der Waals surface area (Å²) in [4.78, 5) is 23.2. The summed E-state index contributed by atoms with van der Waals surface area (Å²) in [5.41, 5.74) is 9.04. The first-order valence-electron chi connectivity index (χ1n) is 7.67. The second-order valence-corrected chi connectivity index (χ2v) is 6.66. The van der Waals surface area contributed by atoms with Gasteiger partial charge in [-0.05, 0) is 44.2 Å². The van der Waals surface area contributed by atoms with E-state index in [1.807, 2.05) is 13.8 Å². The van der Waals surface area contributed by atoms with Crippen LogP contribution in [0.25, 0.3) is 0 Å². The monoisotopic (exact) mass is 287 g/mol. The number of nitrogens with two attached hydrogens (primary N) is 1. The lowest BCUT2D eigenvalue weighted by molar-refractivity contribution is -0.122. The van der Waals surface area contributed by atoms with Gasteiger partial charge in [-0.2, -0.15) is 0 Å². The third-order valence-electron chi connectivity index (χ3n) is 5.07. The molecular formula is C18H25NO2. The lowest BCUT2D eigenvalue weighted by Gasteiger charge is -2.25. The Bertz CT molecular complexity index is 573. The van der Waals surface area contributed by atoms with Crippen LogP contribution >= 0.6 is 0 Å². The average molecular weight is 287 g/mol. The van der Waals surface area contributed by atoms with Crippen LogP contribution in [0, 0.1) is 18.8 Å². The molecule has 2 N–H and O–H groups in total. The number of carbonyl (C=O) groups excluding carboxylic acids is 2. The number of aryl methyl sites for hydroxylation is 1. The minimum atomic E-state index is -0.237. The summed E-state index contributed by atoms with van der Waals surface area (Å²) in [5, 5.41) is 0. The van der Waals surface area contributed by atoms with Gasteiger partial charge in [-0.25, -0.2) is 0 Å². The predicted octanol–water partition coefficient (Wildman–Crippen LogP) is 2.92. The topological polar surface area (TPSA) is 60.2 Å². The molecule has 1 saturated carbocycles. The van der Waals surface area contributed by atoms with Crippen molar-refractivity contribution >= 4 is 11.7 Å². The van der Waals surface area contributed by atoms with E-state index >= 15 is 0 Å². The van der Waals surface area contributed by atoms with E-state index in [2.05, 4.69) is 25.1 Å². The molecule has 1 aromatic carbocycles. The number of benzene rings is 1. The molecule has 3 heteroatoms. The minimum Gasteiger partial charge on any atom is -0.369 e. The van der Waals surface area contributed by atoms with Gasteiger partial charge in [-0.15, -0.1) is 0 Å². The third-order valence-corrected chi connectivity index (χ3v) is 5.07. The Hall–Kier alpha value is -1.64. The molecule has 2 rings (SSSR count). The third kappa shape index (κ3) is 3.02. The van der Waals surface area contributed by atoms with Gasteiger partial charge in [0.15, 0.2) is 0 Å². The maximum atomic E-state index is 11.7. The number of ketones is 1. The molecule has 0 aliphatic heterocycles. The lowest BCUT2D eigenvalue weighted by Crippen LogP contribution is -2.32. The number of hydrogen-bond acceptors (Lipinski definition) is 2. The standard InChI is InChI=1S/C18H25NO2/c1-11-5-6-15(10-12(2)14(4)20)16(9-11)18(7-8-18)13(3)17(19)21/h5-6,9,12-13H,7-8,10H2,1-4H3,(H2,19,21)/t12-,13+/m0/s1. The minimum absolute atomic E-state index is 0.00569. The van der Waals surface area contributed by atoms with E-state index in [1.165, 1.54) is 16.7 Å². The second kappa shape index (κ2) is 5.63. The molecule has 0 heterocycles. The van der Waals surface area contributed by atoms with Crippen molar-refractivity contribution in [3.05, 3.63) is 34.9 Å². The molecule has 114 valence electrons. The van der Waals surface area contributed by atoms with Gasteiger partial charge in [-0.3, -0.25) is 9.59 Å². The van der Waals surface area contributed by atoms with Crippen molar-refractivity contribution in [2.45, 2.75) is 52.4 Å². The Morgan fingerprint density at radius 2 is 1.90 bits per heavy atom. The number of carbonyl (C=O) groups is 2. The summed E-state index contributed by atoms with van der Waals surface area (Å²) in [5.74, 6) is -0.189. The molecule has 0 aromatic heterocycles. The molecule has 1 fully saturated rings. The highest BCUT2D eigenvalue weighted by Gasteiger charge is 2.51. The van der Waals surface area contributed by atoms with Crippen LogP contribution in [0.3, 0.4) is 0 Å². The zero-order valence-electron chi connectivity index (χ0n) is 13.4. The zero-order chi connectivity index (χ0) is 15.8. The van der Waals surface area contributed by atoms with E-state index in [0.29, 0.717) is 0 Å².